The van der Waals surface area contributed by atoms with Gasteiger partial charge in [-0.15, -0.1) is 0 Å². The lowest BCUT2D eigenvalue weighted by molar-refractivity contribution is 0.202. The standard InChI is InChI=1S/C26H33BN2O4S/c1-21-15-17-24(18-16-21)34(32,33)28-25(22-11-5-3-6-12-22)26(23-13-7-4-8-14-23)29(2)20-10-9-19-27(30)31/h3-8,11-18,25-26,28,30-31H,9-10,19-20H2,1-2H3/t25-,26-/m1/s1. The van der Waals surface area contributed by atoms with Gasteiger partial charge in [0.15, 0.2) is 0 Å². The first-order valence-electron chi connectivity index (χ1n) is 11.5. The molecular formula is C26H33BN2O4S. The first kappa shape index (κ1) is 26.1. The van der Waals surface area contributed by atoms with Gasteiger partial charge in [-0.05, 0) is 56.5 Å². The van der Waals surface area contributed by atoms with Gasteiger partial charge < -0.3 is 10.0 Å². The van der Waals surface area contributed by atoms with Crippen LogP contribution < -0.4 is 4.72 Å². The highest BCUT2D eigenvalue weighted by molar-refractivity contribution is 7.89. The molecule has 3 rings (SSSR count). The van der Waals surface area contributed by atoms with Gasteiger partial charge in [-0.3, -0.25) is 4.90 Å². The van der Waals surface area contributed by atoms with Crippen molar-refractivity contribution in [2.24, 2.45) is 0 Å². The number of unbranched alkanes of at least 4 members (excludes halogenated alkanes) is 1. The topological polar surface area (TPSA) is 89.9 Å². The summed E-state index contributed by atoms with van der Waals surface area (Å²) in [6.07, 6.45) is 1.73. The third-order valence-electron chi connectivity index (χ3n) is 5.93. The zero-order chi connectivity index (χ0) is 24.6. The molecule has 0 radical (unpaired) electrons. The summed E-state index contributed by atoms with van der Waals surface area (Å²) in [7, 11) is -3.13. The van der Waals surface area contributed by atoms with Crippen LogP contribution in [0.4, 0.5) is 0 Å². The number of aryl methyl sites for hydroxylation is 1. The minimum Gasteiger partial charge on any atom is -0.427 e. The highest BCUT2D eigenvalue weighted by Gasteiger charge is 2.32. The number of likely N-dealkylation sites (N-methyl/N-ethyl adjacent to an activating group) is 1. The first-order valence-corrected chi connectivity index (χ1v) is 13.0. The van der Waals surface area contributed by atoms with Crippen molar-refractivity contribution in [1.82, 2.24) is 9.62 Å². The number of rotatable bonds is 12. The van der Waals surface area contributed by atoms with Crippen LogP contribution in [0.5, 0.6) is 0 Å². The van der Waals surface area contributed by atoms with Gasteiger partial charge in [0.1, 0.15) is 0 Å². The van der Waals surface area contributed by atoms with Crippen molar-refractivity contribution in [2.75, 3.05) is 13.6 Å². The minimum absolute atomic E-state index is 0.227. The van der Waals surface area contributed by atoms with Crippen LogP contribution >= 0.6 is 0 Å². The number of nitrogens with one attached hydrogen (secondary N) is 1. The van der Waals surface area contributed by atoms with Gasteiger partial charge in [-0.1, -0.05) is 84.8 Å². The van der Waals surface area contributed by atoms with Crippen molar-refractivity contribution in [3.63, 3.8) is 0 Å². The van der Waals surface area contributed by atoms with Crippen molar-refractivity contribution in [2.45, 2.75) is 43.1 Å². The molecule has 0 spiro atoms. The van der Waals surface area contributed by atoms with Gasteiger partial charge in [0.2, 0.25) is 10.0 Å². The maximum absolute atomic E-state index is 13.4. The second-order valence-corrected chi connectivity index (χ2v) is 10.3. The Hall–Kier alpha value is -2.49. The lowest BCUT2D eigenvalue weighted by Gasteiger charge is -2.36. The SMILES string of the molecule is Cc1ccc(S(=O)(=O)N[C@H](c2ccccc2)[C@@H](c2ccccc2)N(C)CCCCB(O)O)cc1. The molecule has 0 unspecified atom stereocenters. The Labute approximate surface area is 203 Å². The molecule has 0 amide bonds. The molecule has 3 aromatic carbocycles. The molecule has 34 heavy (non-hydrogen) atoms. The van der Waals surface area contributed by atoms with Gasteiger partial charge in [0, 0.05) is 0 Å². The smallest absolute Gasteiger partial charge is 0.427 e. The summed E-state index contributed by atoms with van der Waals surface area (Å²) in [5, 5.41) is 18.3. The number of hydrogen-bond donors (Lipinski definition) is 3. The number of benzene rings is 3. The largest absolute Gasteiger partial charge is 0.451 e. The zero-order valence-electron chi connectivity index (χ0n) is 19.7. The molecule has 0 saturated heterocycles. The number of hydrogen-bond acceptors (Lipinski definition) is 5. The average Bonchev–Trinajstić information content (AvgIpc) is 2.83. The van der Waals surface area contributed by atoms with E-state index in [1.807, 2.05) is 74.6 Å². The Bertz CT molecular complexity index is 1110. The molecule has 3 N–H and O–H groups in total. The fourth-order valence-electron chi connectivity index (χ4n) is 4.11. The Morgan fingerprint density at radius 1 is 0.853 bits per heavy atom. The molecule has 0 aromatic heterocycles. The van der Waals surface area contributed by atoms with E-state index in [4.69, 9.17) is 10.0 Å². The molecule has 3 aromatic rings. The van der Waals surface area contributed by atoms with Crippen LogP contribution in [0.3, 0.4) is 0 Å². The van der Waals surface area contributed by atoms with Gasteiger partial charge in [-0.2, -0.15) is 0 Å². The van der Waals surface area contributed by atoms with Crippen LogP contribution in [0.25, 0.3) is 0 Å². The summed E-state index contributed by atoms with van der Waals surface area (Å²) in [5.74, 6) is 0. The maximum atomic E-state index is 13.4. The van der Waals surface area contributed by atoms with Crippen LogP contribution in [0.15, 0.2) is 89.8 Å². The molecule has 0 aliphatic rings. The number of nitrogens with zero attached hydrogens (tertiary/aromatic N) is 1. The zero-order valence-corrected chi connectivity index (χ0v) is 20.5. The predicted molar refractivity (Wildman–Crippen MR) is 137 cm³/mol. The van der Waals surface area contributed by atoms with Crippen molar-refractivity contribution < 1.29 is 18.5 Å². The molecule has 8 heteroatoms. The fraction of sp³-hybridized carbons (Fsp3) is 0.308. The van der Waals surface area contributed by atoms with Crippen molar-refractivity contribution in [3.8, 4) is 0 Å². The van der Waals surface area contributed by atoms with Crippen molar-refractivity contribution in [3.05, 3.63) is 102 Å². The normalized spacial score (nSPS) is 13.6. The second-order valence-electron chi connectivity index (χ2n) is 8.64. The molecule has 180 valence electrons. The van der Waals surface area contributed by atoms with E-state index in [2.05, 4.69) is 9.62 Å². The third-order valence-corrected chi connectivity index (χ3v) is 7.38. The Kier molecular flexibility index (Phi) is 9.44. The van der Waals surface area contributed by atoms with Crippen molar-refractivity contribution in [1.29, 1.82) is 0 Å². The molecule has 0 bridgehead atoms. The summed E-state index contributed by atoms with van der Waals surface area (Å²) >= 11 is 0. The summed E-state index contributed by atoms with van der Waals surface area (Å²) in [6.45, 7) is 2.59. The van der Waals surface area contributed by atoms with Crippen LogP contribution in [0.1, 0.15) is 41.6 Å². The molecule has 0 aliphatic carbocycles. The van der Waals surface area contributed by atoms with E-state index in [0.717, 1.165) is 23.1 Å². The molecule has 0 saturated carbocycles. The molecule has 0 heterocycles. The van der Waals surface area contributed by atoms with E-state index in [1.165, 1.54) is 0 Å². The van der Waals surface area contributed by atoms with E-state index in [1.54, 1.807) is 24.3 Å². The highest BCUT2D eigenvalue weighted by atomic mass is 32.2. The van der Waals surface area contributed by atoms with E-state index in [0.29, 0.717) is 19.3 Å². The molecule has 2 atom stereocenters. The molecule has 6 nitrogen and oxygen atoms in total. The summed E-state index contributed by atoms with van der Waals surface area (Å²) in [6, 6.07) is 25.5. The number of sulfonamides is 1. The lowest BCUT2D eigenvalue weighted by Crippen LogP contribution is -2.39. The Morgan fingerprint density at radius 3 is 1.97 bits per heavy atom. The van der Waals surface area contributed by atoms with Gasteiger partial charge >= 0.3 is 7.12 Å². The lowest BCUT2D eigenvalue weighted by atomic mass is 9.84. The quantitative estimate of drug-likeness (QED) is 0.270. The van der Waals surface area contributed by atoms with E-state index < -0.39 is 23.2 Å². The minimum atomic E-state index is -3.79. The van der Waals surface area contributed by atoms with Gasteiger partial charge in [0.25, 0.3) is 0 Å². The van der Waals surface area contributed by atoms with E-state index >= 15 is 0 Å². The van der Waals surface area contributed by atoms with Crippen LogP contribution in [-0.4, -0.2) is 44.1 Å². The predicted octanol–water partition coefficient (Wildman–Crippen LogP) is 3.94. The van der Waals surface area contributed by atoms with Gasteiger partial charge in [-0.25, -0.2) is 13.1 Å². The summed E-state index contributed by atoms with van der Waals surface area (Å²) < 4.78 is 29.9. The molecule has 0 fully saturated rings. The van der Waals surface area contributed by atoms with Crippen LogP contribution in [0, 0.1) is 6.92 Å². The van der Waals surface area contributed by atoms with E-state index in [9.17, 15) is 8.42 Å². The Balaban J connectivity index is 1.98. The first-order chi connectivity index (χ1) is 16.3. The highest BCUT2D eigenvalue weighted by Crippen LogP contribution is 2.35. The molecular weight excluding hydrogens is 447 g/mol. The fourth-order valence-corrected chi connectivity index (χ4v) is 5.34. The van der Waals surface area contributed by atoms with Crippen LogP contribution in [-0.2, 0) is 10.0 Å². The maximum Gasteiger partial charge on any atom is 0.451 e. The van der Waals surface area contributed by atoms with E-state index in [-0.39, 0.29) is 10.9 Å². The second kappa shape index (κ2) is 12.3. The third kappa shape index (κ3) is 7.25. The average molecular weight is 480 g/mol. The Morgan fingerprint density at radius 2 is 1.41 bits per heavy atom. The summed E-state index contributed by atoms with van der Waals surface area (Å²) in [4.78, 5) is 2.36. The van der Waals surface area contributed by atoms with Gasteiger partial charge in [0.05, 0.1) is 17.0 Å². The van der Waals surface area contributed by atoms with Crippen LogP contribution in [0.2, 0.25) is 6.32 Å². The monoisotopic (exact) mass is 480 g/mol. The summed E-state index contributed by atoms with van der Waals surface area (Å²) in [5.41, 5.74) is 2.85. The van der Waals surface area contributed by atoms with Crippen molar-refractivity contribution >= 4 is 17.1 Å². The molecule has 0 aliphatic heterocycles.